The maximum Gasteiger partial charge on any atom is 0.189 e. The molecule has 0 unspecified atom stereocenters. The molecule has 19 heavy (non-hydrogen) atoms. The van der Waals surface area contributed by atoms with E-state index in [2.05, 4.69) is 92.9 Å². The summed E-state index contributed by atoms with van der Waals surface area (Å²) in [5, 5.41) is 0. The van der Waals surface area contributed by atoms with Gasteiger partial charge in [0.1, 0.15) is 0 Å². The van der Waals surface area contributed by atoms with Gasteiger partial charge in [0.05, 0.1) is 5.69 Å². The van der Waals surface area contributed by atoms with Crippen molar-refractivity contribution in [2.45, 2.75) is 6.92 Å². The maximum absolute atomic E-state index is 4.79. The van der Waals surface area contributed by atoms with Crippen molar-refractivity contribution in [2.24, 2.45) is 4.85 Å². The Hall–Kier alpha value is -0.870. The van der Waals surface area contributed by atoms with Crippen LogP contribution in [0.2, 0.25) is 0 Å². The molecule has 0 saturated heterocycles. The first kappa shape index (κ1) is 16.2. The van der Waals surface area contributed by atoms with Gasteiger partial charge < -0.3 is 0 Å². The van der Waals surface area contributed by atoms with E-state index in [9.17, 15) is 0 Å². The highest BCUT2D eigenvalue weighted by atomic mass is 31.2. The fourth-order valence-electron chi connectivity index (χ4n) is 2.09. The molecule has 0 aliphatic rings. The topological polar surface area (TPSA) is 34.1 Å². The molecule has 1 aromatic rings. The molecule has 0 radical (unpaired) electrons. The number of hydrogen-bond donors (Lipinski definition) is 1. The molecule has 108 valence electrons. The van der Waals surface area contributed by atoms with Crippen LogP contribution in [0.3, 0.4) is 0 Å². The highest BCUT2D eigenvalue weighted by Crippen LogP contribution is 2.54. The lowest BCUT2D eigenvalue weighted by Crippen LogP contribution is -2.31. The number of hydrogen-bond acceptors (Lipinski definition) is 1. The lowest BCUT2D eigenvalue weighted by atomic mass is 10.2. The summed E-state index contributed by atoms with van der Waals surface area (Å²) in [7, 11) is 10.5. The van der Waals surface area contributed by atoms with Gasteiger partial charge in [-0.05, 0) is 61.3 Å². The van der Waals surface area contributed by atoms with E-state index in [1.165, 1.54) is 5.56 Å². The molecule has 0 heterocycles. The lowest BCUT2D eigenvalue weighted by molar-refractivity contribution is 0.473. The third-order valence-corrected chi connectivity index (χ3v) is 6.56. The number of anilines is 1. The summed E-state index contributed by atoms with van der Waals surface area (Å²) in [6.07, 6.45) is 0. The molecule has 1 aromatic carbocycles. The van der Waals surface area contributed by atoms with Crippen LogP contribution in [0, 0.1) is 6.92 Å². The number of nitrogens with one attached hydrogen (secondary N) is 1. The van der Waals surface area contributed by atoms with Crippen molar-refractivity contribution < 1.29 is 0 Å². The van der Waals surface area contributed by atoms with E-state index in [-0.39, 0.29) is 0 Å². The molecule has 0 aromatic heterocycles. The summed E-state index contributed by atoms with van der Waals surface area (Å²) >= 11 is 0. The first-order valence-corrected chi connectivity index (χ1v) is 7.88. The molecule has 0 aliphatic carbocycles. The van der Waals surface area contributed by atoms with Crippen LogP contribution in [0.15, 0.2) is 29.1 Å². The molecule has 0 saturated carbocycles. The van der Waals surface area contributed by atoms with Crippen molar-refractivity contribution in [3.63, 3.8) is 0 Å². The van der Waals surface area contributed by atoms with Crippen LogP contribution in [0.1, 0.15) is 5.56 Å². The lowest BCUT2D eigenvalue weighted by Gasteiger charge is -2.40. The third kappa shape index (κ3) is 3.57. The van der Waals surface area contributed by atoms with E-state index in [0.29, 0.717) is 0 Å². The Balaban J connectivity index is 3.11. The van der Waals surface area contributed by atoms with Gasteiger partial charge in [-0.2, -0.15) is 0 Å². The minimum atomic E-state index is -1.88. The molecule has 0 amide bonds. The second kappa shape index (κ2) is 6.53. The predicted octanol–water partition coefficient (Wildman–Crippen LogP) is 2.95. The smallest absolute Gasteiger partial charge is 0.189 e. The summed E-state index contributed by atoms with van der Waals surface area (Å²) in [6.45, 7) is 2.08. The Morgan fingerprint density at radius 2 is 1.26 bits per heavy atom. The molecular weight excluding hydrogens is 257 g/mol. The van der Waals surface area contributed by atoms with E-state index in [0.717, 1.165) is 5.69 Å². The average molecular weight is 283 g/mol. The zero-order valence-electron chi connectivity index (χ0n) is 13.0. The quantitative estimate of drug-likeness (QED) is 0.665. The standard InChI is InChI=1S/C13H26N5P/c1-12-8-10-13(11-9-12)14-15-19(16(2)3,17(4)5)18(6)7/h8-11,14H,1-7H3. The fraction of sp³-hybridized carbons (Fsp3) is 0.538. The van der Waals surface area contributed by atoms with Crippen LogP contribution in [0.5, 0.6) is 0 Å². The summed E-state index contributed by atoms with van der Waals surface area (Å²) in [5.74, 6) is 0. The van der Waals surface area contributed by atoms with Crippen molar-refractivity contribution in [3.05, 3.63) is 29.8 Å². The zero-order valence-corrected chi connectivity index (χ0v) is 13.9. The van der Waals surface area contributed by atoms with Crippen LogP contribution < -0.4 is 5.43 Å². The SMILES string of the molecule is Cc1ccc(NN=P(N(C)C)(N(C)C)N(C)C)cc1. The molecular formula is C13H26N5P. The Bertz CT molecular complexity index is 422. The Labute approximate surface area is 117 Å². The Morgan fingerprint density at radius 3 is 1.63 bits per heavy atom. The number of rotatable bonds is 5. The van der Waals surface area contributed by atoms with Gasteiger partial charge >= 0.3 is 0 Å². The normalized spacial score (nSPS) is 12.3. The number of aryl methyl sites for hydroxylation is 1. The van der Waals surface area contributed by atoms with E-state index < -0.39 is 7.51 Å². The molecule has 0 fully saturated rings. The molecule has 0 spiro atoms. The molecule has 0 atom stereocenters. The Morgan fingerprint density at radius 1 is 0.842 bits per heavy atom. The minimum absolute atomic E-state index is 1.01. The van der Waals surface area contributed by atoms with E-state index in [4.69, 9.17) is 4.85 Å². The largest absolute Gasteiger partial charge is 0.276 e. The predicted molar refractivity (Wildman–Crippen MR) is 85.2 cm³/mol. The average Bonchev–Trinajstić information content (AvgIpc) is 2.30. The first-order chi connectivity index (χ1) is 8.80. The summed E-state index contributed by atoms with van der Waals surface area (Å²) in [6, 6.07) is 8.26. The monoisotopic (exact) mass is 283 g/mol. The molecule has 0 aliphatic heterocycles. The van der Waals surface area contributed by atoms with Crippen LogP contribution in [0.4, 0.5) is 5.69 Å². The van der Waals surface area contributed by atoms with Crippen LogP contribution >= 0.6 is 7.51 Å². The highest BCUT2D eigenvalue weighted by molar-refractivity contribution is 7.59. The first-order valence-electron chi connectivity index (χ1n) is 6.28. The van der Waals surface area contributed by atoms with Gasteiger partial charge in [0.15, 0.2) is 7.51 Å². The molecule has 5 nitrogen and oxygen atoms in total. The fourth-order valence-corrected chi connectivity index (χ4v) is 5.03. The Kier molecular flexibility index (Phi) is 5.56. The van der Waals surface area contributed by atoms with Crippen molar-refractivity contribution in [1.82, 2.24) is 14.0 Å². The van der Waals surface area contributed by atoms with Gasteiger partial charge in [-0.3, -0.25) is 19.4 Å². The van der Waals surface area contributed by atoms with Crippen LogP contribution in [0.25, 0.3) is 0 Å². The van der Waals surface area contributed by atoms with E-state index in [1.54, 1.807) is 0 Å². The van der Waals surface area contributed by atoms with Crippen molar-refractivity contribution in [3.8, 4) is 0 Å². The van der Waals surface area contributed by atoms with Gasteiger partial charge in [-0.1, -0.05) is 17.7 Å². The van der Waals surface area contributed by atoms with E-state index >= 15 is 0 Å². The number of nitrogens with zero attached hydrogens (tertiary/aromatic N) is 4. The van der Waals surface area contributed by atoms with Gasteiger partial charge in [0.2, 0.25) is 0 Å². The molecule has 1 N–H and O–H groups in total. The maximum atomic E-state index is 4.79. The second-order valence-electron chi connectivity index (χ2n) is 5.16. The molecule has 6 heteroatoms. The van der Waals surface area contributed by atoms with Gasteiger partial charge in [-0.25, -0.2) is 0 Å². The highest BCUT2D eigenvalue weighted by Gasteiger charge is 2.28. The van der Waals surface area contributed by atoms with Crippen molar-refractivity contribution >= 4 is 13.2 Å². The zero-order chi connectivity index (χ0) is 14.6. The minimum Gasteiger partial charge on any atom is -0.276 e. The molecule has 0 bridgehead atoms. The summed E-state index contributed by atoms with van der Waals surface area (Å²) < 4.78 is 6.52. The van der Waals surface area contributed by atoms with Crippen LogP contribution in [-0.4, -0.2) is 56.3 Å². The van der Waals surface area contributed by atoms with Crippen molar-refractivity contribution in [2.75, 3.05) is 47.7 Å². The summed E-state index contributed by atoms with van der Waals surface area (Å²) in [4.78, 5) is 4.79. The summed E-state index contributed by atoms with van der Waals surface area (Å²) in [5.41, 5.74) is 5.47. The van der Waals surface area contributed by atoms with Gasteiger partial charge in [-0.15, -0.1) is 4.85 Å². The number of benzene rings is 1. The van der Waals surface area contributed by atoms with Crippen molar-refractivity contribution in [1.29, 1.82) is 0 Å². The van der Waals surface area contributed by atoms with Gasteiger partial charge in [0.25, 0.3) is 0 Å². The molecule has 1 rings (SSSR count). The second-order valence-corrected chi connectivity index (χ2v) is 8.83. The third-order valence-electron chi connectivity index (χ3n) is 2.97. The van der Waals surface area contributed by atoms with Gasteiger partial charge in [0, 0.05) is 0 Å². The van der Waals surface area contributed by atoms with E-state index in [1.807, 2.05) is 0 Å². The van der Waals surface area contributed by atoms with Crippen LogP contribution in [-0.2, 0) is 0 Å².